The number of methoxy groups -OCH3 is 1. The maximum atomic E-state index is 13.2. The van der Waals surface area contributed by atoms with Gasteiger partial charge in [0.15, 0.2) is 11.5 Å². The summed E-state index contributed by atoms with van der Waals surface area (Å²) in [6, 6.07) is 9.20. The molecule has 1 aliphatic carbocycles. The maximum absolute atomic E-state index is 13.2. The zero-order valence-corrected chi connectivity index (χ0v) is 20.7. The average molecular weight is 519 g/mol. The number of aromatic nitrogens is 2. The fourth-order valence-electron chi connectivity index (χ4n) is 3.95. The quantitative estimate of drug-likeness (QED) is 0.366. The molecule has 2 aromatic heterocycles. The number of nitrogens with one attached hydrogen (secondary N) is 1. The van der Waals surface area contributed by atoms with Crippen molar-refractivity contribution in [3.63, 3.8) is 0 Å². The minimum Gasteiger partial charge on any atom is -0.493 e. The van der Waals surface area contributed by atoms with Gasteiger partial charge in [-0.05, 0) is 48.8 Å². The van der Waals surface area contributed by atoms with Gasteiger partial charge in [0.1, 0.15) is 18.8 Å². The number of nitrogens with zero attached hydrogens (tertiary/aromatic N) is 2. The zero-order chi connectivity index (χ0) is 24.8. The Morgan fingerprint density at radius 2 is 2.06 bits per heavy atom. The van der Waals surface area contributed by atoms with Gasteiger partial charge in [-0.1, -0.05) is 12.1 Å². The van der Waals surface area contributed by atoms with Crippen LogP contribution in [0.3, 0.4) is 0 Å². The number of anilines is 1. The Bertz CT molecular complexity index is 1280. The fraction of sp³-hybridized carbons (Fsp3) is 0.348. The highest BCUT2D eigenvalue weighted by Crippen LogP contribution is 2.31. The number of carbonyl (C=O) groups is 1. The first-order valence-electron chi connectivity index (χ1n) is 10.9. The standard InChI is InChI=1S/C23H26N4O6S2/c1-31-19-4-2-3-5-20(19)32-11-16-9-21(34-13-16)22(28)18-10-25-14-26-23(18)27-17-7-6-15(8-17)12-33-35(24,29)30/h2-5,9-10,13-15,17H,6-8,11-12H2,1H3,(H2,24,29,30)(H,25,26,27)/t15-,17+/m1/s1. The first-order valence-corrected chi connectivity index (χ1v) is 13.3. The third-order valence-electron chi connectivity index (χ3n) is 5.65. The van der Waals surface area contributed by atoms with Crippen LogP contribution in [0.1, 0.15) is 40.1 Å². The van der Waals surface area contributed by atoms with Gasteiger partial charge in [-0.2, -0.15) is 8.42 Å². The van der Waals surface area contributed by atoms with Crippen LogP contribution in [0, 0.1) is 5.92 Å². The second-order valence-electron chi connectivity index (χ2n) is 8.17. The van der Waals surface area contributed by atoms with E-state index in [9.17, 15) is 13.2 Å². The summed E-state index contributed by atoms with van der Waals surface area (Å²) >= 11 is 1.33. The number of thiophene rings is 1. The molecule has 35 heavy (non-hydrogen) atoms. The molecule has 2 atom stereocenters. The molecule has 0 unspecified atom stereocenters. The van der Waals surface area contributed by atoms with Crippen LogP contribution in [0.25, 0.3) is 0 Å². The van der Waals surface area contributed by atoms with Gasteiger partial charge in [-0.15, -0.1) is 11.3 Å². The number of para-hydroxylation sites is 2. The van der Waals surface area contributed by atoms with Crippen LogP contribution in [-0.2, 0) is 21.1 Å². The van der Waals surface area contributed by atoms with E-state index in [2.05, 4.69) is 15.3 Å². The second kappa shape index (κ2) is 11.1. The Hall–Kier alpha value is -3.06. The van der Waals surface area contributed by atoms with Crippen LogP contribution in [0.2, 0.25) is 0 Å². The molecule has 3 aromatic rings. The summed E-state index contributed by atoms with van der Waals surface area (Å²) in [7, 11) is -2.37. The molecule has 4 rings (SSSR count). The number of ether oxygens (including phenoxy) is 2. The Morgan fingerprint density at radius 1 is 1.26 bits per heavy atom. The molecule has 12 heteroatoms. The molecule has 0 amide bonds. The predicted octanol–water partition coefficient (Wildman–Crippen LogP) is 3.16. The van der Waals surface area contributed by atoms with Crippen LogP contribution in [-0.4, -0.2) is 43.9 Å². The van der Waals surface area contributed by atoms with Crippen LogP contribution in [0.4, 0.5) is 5.82 Å². The molecule has 3 N–H and O–H groups in total. The summed E-state index contributed by atoms with van der Waals surface area (Å²) in [5, 5.41) is 10.1. The zero-order valence-electron chi connectivity index (χ0n) is 19.0. The van der Waals surface area contributed by atoms with Crippen molar-refractivity contribution in [1.82, 2.24) is 9.97 Å². The number of benzene rings is 1. The molecule has 1 saturated carbocycles. The van der Waals surface area contributed by atoms with Crippen molar-refractivity contribution in [2.45, 2.75) is 31.9 Å². The lowest BCUT2D eigenvalue weighted by atomic mass is 10.1. The monoisotopic (exact) mass is 518 g/mol. The van der Waals surface area contributed by atoms with Crippen LogP contribution in [0.5, 0.6) is 11.5 Å². The number of carbonyl (C=O) groups excluding carboxylic acids is 1. The van der Waals surface area contributed by atoms with Crippen LogP contribution in [0.15, 0.2) is 48.2 Å². The van der Waals surface area contributed by atoms with Gasteiger partial charge in [0.2, 0.25) is 5.78 Å². The highest BCUT2D eigenvalue weighted by Gasteiger charge is 2.28. The Labute approximate surface area is 207 Å². The SMILES string of the molecule is COc1ccccc1OCc1csc(C(=O)c2cncnc2N[C@H]2CC[C@@H](COS(N)(=O)=O)C2)c1. The largest absolute Gasteiger partial charge is 0.493 e. The lowest BCUT2D eigenvalue weighted by molar-refractivity contribution is 0.104. The van der Waals surface area contributed by atoms with E-state index in [0.29, 0.717) is 40.8 Å². The molecule has 10 nitrogen and oxygen atoms in total. The number of hydrogen-bond donors (Lipinski definition) is 2. The van der Waals surface area contributed by atoms with Crippen molar-refractivity contribution in [3.8, 4) is 11.5 Å². The van der Waals surface area contributed by atoms with E-state index < -0.39 is 10.3 Å². The Balaban J connectivity index is 1.39. The molecule has 1 aliphatic rings. The molecule has 1 fully saturated rings. The molecule has 186 valence electrons. The van der Waals surface area contributed by atoms with Crippen molar-refractivity contribution >= 4 is 33.2 Å². The van der Waals surface area contributed by atoms with Gasteiger partial charge in [-0.3, -0.25) is 8.98 Å². The van der Waals surface area contributed by atoms with Crippen molar-refractivity contribution in [2.75, 3.05) is 19.0 Å². The Morgan fingerprint density at radius 3 is 2.83 bits per heavy atom. The molecule has 2 heterocycles. The lowest BCUT2D eigenvalue weighted by Gasteiger charge is -2.15. The van der Waals surface area contributed by atoms with Gasteiger partial charge in [0.05, 0.1) is 24.2 Å². The van der Waals surface area contributed by atoms with Gasteiger partial charge < -0.3 is 14.8 Å². The topological polar surface area (TPSA) is 143 Å². The summed E-state index contributed by atoms with van der Waals surface area (Å²) in [4.78, 5) is 22.1. The Kier molecular flexibility index (Phi) is 7.96. The molecule has 0 radical (unpaired) electrons. The first kappa shape index (κ1) is 25.0. The number of hydrogen-bond acceptors (Lipinski definition) is 10. The summed E-state index contributed by atoms with van der Waals surface area (Å²) in [5.41, 5.74) is 1.24. The maximum Gasteiger partial charge on any atom is 0.333 e. The van der Waals surface area contributed by atoms with E-state index in [4.69, 9.17) is 18.8 Å². The van der Waals surface area contributed by atoms with E-state index in [-0.39, 0.29) is 24.3 Å². The molecular weight excluding hydrogens is 492 g/mol. The molecule has 0 saturated heterocycles. The fourth-order valence-corrected chi connectivity index (χ4v) is 5.19. The summed E-state index contributed by atoms with van der Waals surface area (Å²) in [6.45, 7) is 0.339. The molecule has 1 aromatic carbocycles. The van der Waals surface area contributed by atoms with Crippen molar-refractivity contribution in [1.29, 1.82) is 0 Å². The average Bonchev–Trinajstić information content (AvgIpc) is 3.51. The van der Waals surface area contributed by atoms with E-state index in [0.717, 1.165) is 18.4 Å². The summed E-state index contributed by atoms with van der Waals surface area (Å²) < 4.78 is 37.9. The van der Waals surface area contributed by atoms with Crippen molar-refractivity contribution in [2.24, 2.45) is 11.1 Å². The van der Waals surface area contributed by atoms with E-state index in [1.54, 1.807) is 13.2 Å². The lowest BCUT2D eigenvalue weighted by Crippen LogP contribution is -2.22. The normalized spacial score (nSPS) is 17.8. The third-order valence-corrected chi connectivity index (χ3v) is 7.09. The highest BCUT2D eigenvalue weighted by atomic mass is 32.2. The van der Waals surface area contributed by atoms with E-state index in [1.807, 2.05) is 29.6 Å². The summed E-state index contributed by atoms with van der Waals surface area (Å²) in [6.07, 6.45) is 5.13. The van der Waals surface area contributed by atoms with Crippen molar-refractivity contribution in [3.05, 3.63) is 64.2 Å². The summed E-state index contributed by atoms with van der Waals surface area (Å²) in [5.74, 6) is 1.58. The molecule has 0 aliphatic heterocycles. The van der Waals surface area contributed by atoms with E-state index in [1.165, 1.54) is 23.9 Å². The van der Waals surface area contributed by atoms with Gasteiger partial charge >= 0.3 is 10.3 Å². The second-order valence-corrected chi connectivity index (χ2v) is 10.3. The number of rotatable bonds is 11. The number of ketones is 1. The minimum atomic E-state index is -3.96. The highest BCUT2D eigenvalue weighted by molar-refractivity contribution is 7.84. The predicted molar refractivity (Wildman–Crippen MR) is 131 cm³/mol. The van der Waals surface area contributed by atoms with Crippen LogP contribution < -0.4 is 19.9 Å². The van der Waals surface area contributed by atoms with Gasteiger partial charge in [0.25, 0.3) is 0 Å². The smallest absolute Gasteiger partial charge is 0.333 e. The minimum absolute atomic E-state index is 0.0266. The third kappa shape index (κ3) is 6.75. The van der Waals surface area contributed by atoms with Gasteiger partial charge in [-0.25, -0.2) is 15.1 Å². The molecule has 0 bridgehead atoms. The van der Waals surface area contributed by atoms with Crippen LogP contribution >= 0.6 is 11.3 Å². The van der Waals surface area contributed by atoms with E-state index >= 15 is 0 Å². The van der Waals surface area contributed by atoms with Gasteiger partial charge in [0, 0.05) is 17.8 Å². The molecular formula is C23H26N4O6S2. The van der Waals surface area contributed by atoms with Crippen molar-refractivity contribution < 1.29 is 26.9 Å². The first-order chi connectivity index (χ1) is 16.8. The molecule has 0 spiro atoms. The number of nitrogens with two attached hydrogens (primary N) is 1.